The second kappa shape index (κ2) is 7.18. The van der Waals surface area contributed by atoms with Crippen LogP contribution in [0.1, 0.15) is 13.3 Å². The summed E-state index contributed by atoms with van der Waals surface area (Å²) in [6.45, 7) is 3.36. The predicted octanol–water partition coefficient (Wildman–Crippen LogP) is 3.00. The lowest BCUT2D eigenvalue weighted by Crippen LogP contribution is -2.23. The Morgan fingerprint density at radius 3 is 3.00 bits per heavy atom. The molecule has 1 amide bonds. The second-order valence-corrected chi connectivity index (χ2v) is 7.51. The zero-order valence-electron chi connectivity index (χ0n) is 13.0. The van der Waals surface area contributed by atoms with E-state index >= 15 is 0 Å². The van der Waals surface area contributed by atoms with Crippen molar-refractivity contribution in [3.05, 3.63) is 24.3 Å². The molecule has 0 aliphatic carbocycles. The van der Waals surface area contributed by atoms with Crippen molar-refractivity contribution in [3.8, 4) is 5.75 Å². The molecule has 2 aromatic rings. The highest BCUT2D eigenvalue weighted by Gasteiger charge is 2.30. The third kappa shape index (κ3) is 3.76. The van der Waals surface area contributed by atoms with Crippen molar-refractivity contribution >= 4 is 39.8 Å². The zero-order chi connectivity index (χ0) is 16.2. The van der Waals surface area contributed by atoms with Crippen LogP contribution in [0.15, 0.2) is 28.6 Å². The number of carbonyl (C=O) groups is 1. The Hall–Kier alpha value is -1.80. The van der Waals surface area contributed by atoms with Crippen LogP contribution in [-0.2, 0) is 4.79 Å². The molecule has 0 spiro atoms. The second-order valence-electron chi connectivity index (χ2n) is 5.08. The topological polar surface area (TPSA) is 67.3 Å². The van der Waals surface area contributed by atoms with Crippen LogP contribution in [0.2, 0.25) is 0 Å². The van der Waals surface area contributed by atoms with E-state index in [9.17, 15) is 4.79 Å². The van der Waals surface area contributed by atoms with E-state index in [4.69, 9.17) is 4.74 Å². The lowest BCUT2D eigenvalue weighted by Gasteiger charge is -2.09. The molecule has 0 bridgehead atoms. The number of hydrogen-bond acceptors (Lipinski definition) is 7. The summed E-state index contributed by atoms with van der Waals surface area (Å²) in [6.07, 6.45) is 0.857. The van der Waals surface area contributed by atoms with Crippen LogP contribution in [0.3, 0.4) is 0 Å². The minimum absolute atomic E-state index is 0.0449. The molecule has 1 aromatic heterocycles. The molecule has 1 N–H and O–H groups in total. The first kappa shape index (κ1) is 16.1. The number of anilines is 2. The van der Waals surface area contributed by atoms with Gasteiger partial charge in [0.1, 0.15) is 5.75 Å². The number of para-hydroxylation sites is 2. The van der Waals surface area contributed by atoms with E-state index in [2.05, 4.69) is 15.5 Å². The third-order valence-electron chi connectivity index (χ3n) is 3.46. The molecule has 23 heavy (non-hydrogen) atoms. The van der Waals surface area contributed by atoms with E-state index in [1.54, 1.807) is 4.90 Å². The lowest BCUT2D eigenvalue weighted by atomic mass is 10.3. The predicted molar refractivity (Wildman–Crippen MR) is 92.7 cm³/mol. The number of carbonyl (C=O) groups excluding carboxylic acids is 1. The molecule has 0 saturated carbocycles. The number of nitrogens with one attached hydrogen (secondary N) is 1. The molecule has 0 radical (unpaired) electrons. The molecule has 1 atom stereocenters. The molecule has 1 fully saturated rings. The fraction of sp³-hybridized carbons (Fsp3) is 0.400. The van der Waals surface area contributed by atoms with Crippen molar-refractivity contribution < 1.29 is 9.53 Å². The fourth-order valence-electron chi connectivity index (χ4n) is 2.30. The summed E-state index contributed by atoms with van der Waals surface area (Å²) in [7, 11) is 1.83. The maximum absolute atomic E-state index is 12.0. The summed E-state index contributed by atoms with van der Waals surface area (Å²) in [5, 5.41) is 12.2. The molecule has 1 unspecified atom stereocenters. The molecular weight excluding hydrogens is 332 g/mol. The van der Waals surface area contributed by atoms with E-state index in [-0.39, 0.29) is 11.2 Å². The van der Waals surface area contributed by atoms with E-state index in [0.29, 0.717) is 11.7 Å². The maximum atomic E-state index is 12.0. The Labute approximate surface area is 143 Å². The van der Waals surface area contributed by atoms with Gasteiger partial charge in [-0.3, -0.25) is 4.79 Å². The number of aromatic nitrogens is 2. The highest BCUT2D eigenvalue weighted by atomic mass is 32.2. The number of ether oxygens (including phenoxy) is 1. The lowest BCUT2D eigenvalue weighted by molar-refractivity contribution is -0.126. The molecular formula is C15H18N4O2S2. The summed E-state index contributed by atoms with van der Waals surface area (Å²) in [4.78, 5) is 13.7. The van der Waals surface area contributed by atoms with E-state index in [1.807, 2.05) is 38.2 Å². The van der Waals surface area contributed by atoms with E-state index in [1.165, 1.54) is 23.1 Å². The first-order valence-electron chi connectivity index (χ1n) is 7.41. The highest BCUT2D eigenvalue weighted by molar-refractivity contribution is 8.02. The SMILES string of the molecule is CCOc1ccccc1Nc1nnc(SC2CCN(C)C2=O)s1. The van der Waals surface area contributed by atoms with Gasteiger partial charge < -0.3 is 15.0 Å². The smallest absolute Gasteiger partial charge is 0.235 e. The van der Waals surface area contributed by atoms with Crippen LogP contribution in [0.5, 0.6) is 5.75 Å². The van der Waals surface area contributed by atoms with Gasteiger partial charge in [0, 0.05) is 13.6 Å². The van der Waals surface area contributed by atoms with Gasteiger partial charge in [-0.1, -0.05) is 35.2 Å². The number of hydrogen-bond donors (Lipinski definition) is 1. The van der Waals surface area contributed by atoms with Crippen molar-refractivity contribution in [1.29, 1.82) is 0 Å². The number of likely N-dealkylation sites (tertiary alicyclic amines) is 1. The molecule has 8 heteroatoms. The molecule has 1 aromatic carbocycles. The number of rotatable bonds is 6. The van der Waals surface area contributed by atoms with Crippen LogP contribution >= 0.6 is 23.1 Å². The maximum Gasteiger partial charge on any atom is 0.235 e. The first-order valence-corrected chi connectivity index (χ1v) is 9.11. The van der Waals surface area contributed by atoms with Gasteiger partial charge in [0.05, 0.1) is 17.5 Å². The van der Waals surface area contributed by atoms with Gasteiger partial charge in [0.25, 0.3) is 0 Å². The van der Waals surface area contributed by atoms with E-state index in [0.717, 1.165) is 28.7 Å². The Balaban J connectivity index is 1.67. The molecule has 2 heterocycles. The molecule has 6 nitrogen and oxygen atoms in total. The quantitative estimate of drug-likeness (QED) is 0.864. The van der Waals surface area contributed by atoms with Crippen LogP contribution in [0, 0.1) is 0 Å². The number of amides is 1. The van der Waals surface area contributed by atoms with Gasteiger partial charge in [-0.05, 0) is 25.5 Å². The summed E-state index contributed by atoms with van der Waals surface area (Å²) in [5.41, 5.74) is 0.860. The van der Waals surface area contributed by atoms with Crippen LogP contribution in [0.4, 0.5) is 10.8 Å². The van der Waals surface area contributed by atoms with Crippen LogP contribution < -0.4 is 10.1 Å². The molecule has 1 saturated heterocycles. The Kier molecular flexibility index (Phi) is 5.02. The van der Waals surface area contributed by atoms with Gasteiger partial charge in [-0.15, -0.1) is 10.2 Å². The molecule has 1 aliphatic rings. The number of nitrogens with zero attached hydrogens (tertiary/aromatic N) is 3. The standard InChI is InChI=1S/C15H18N4O2S2/c1-3-21-11-7-5-4-6-10(11)16-14-17-18-15(23-14)22-12-8-9-19(2)13(12)20/h4-7,12H,3,8-9H2,1-2H3,(H,16,17). The number of thioether (sulfide) groups is 1. The summed E-state index contributed by atoms with van der Waals surface area (Å²) < 4.78 is 6.39. The third-order valence-corrected chi connectivity index (χ3v) is 5.63. The average molecular weight is 350 g/mol. The minimum atomic E-state index is -0.0449. The summed E-state index contributed by atoms with van der Waals surface area (Å²) in [5.74, 6) is 0.952. The summed E-state index contributed by atoms with van der Waals surface area (Å²) in [6, 6.07) is 7.72. The van der Waals surface area contributed by atoms with Gasteiger partial charge in [0.15, 0.2) is 4.34 Å². The van der Waals surface area contributed by atoms with Crippen molar-refractivity contribution in [2.75, 3.05) is 25.5 Å². The Morgan fingerprint density at radius 1 is 1.43 bits per heavy atom. The Morgan fingerprint density at radius 2 is 2.26 bits per heavy atom. The Bertz CT molecular complexity index is 692. The monoisotopic (exact) mass is 350 g/mol. The van der Waals surface area contributed by atoms with Gasteiger partial charge in [-0.2, -0.15) is 0 Å². The highest BCUT2D eigenvalue weighted by Crippen LogP contribution is 2.35. The molecule has 3 rings (SSSR count). The van der Waals surface area contributed by atoms with Gasteiger partial charge >= 0.3 is 0 Å². The van der Waals surface area contributed by atoms with Crippen molar-refractivity contribution in [1.82, 2.24) is 15.1 Å². The minimum Gasteiger partial charge on any atom is -0.492 e. The first-order chi connectivity index (χ1) is 11.2. The normalized spacial score (nSPS) is 17.6. The van der Waals surface area contributed by atoms with Crippen LogP contribution in [0.25, 0.3) is 0 Å². The van der Waals surface area contributed by atoms with Gasteiger partial charge in [-0.25, -0.2) is 0 Å². The van der Waals surface area contributed by atoms with Crippen molar-refractivity contribution in [2.24, 2.45) is 0 Å². The van der Waals surface area contributed by atoms with E-state index < -0.39 is 0 Å². The number of benzene rings is 1. The van der Waals surface area contributed by atoms with Gasteiger partial charge in [0.2, 0.25) is 11.0 Å². The fourth-order valence-corrected chi connectivity index (χ4v) is 4.40. The van der Waals surface area contributed by atoms with Crippen molar-refractivity contribution in [2.45, 2.75) is 22.9 Å². The average Bonchev–Trinajstić information content (AvgIpc) is 3.11. The molecule has 122 valence electrons. The van der Waals surface area contributed by atoms with Crippen molar-refractivity contribution in [3.63, 3.8) is 0 Å². The zero-order valence-corrected chi connectivity index (χ0v) is 14.6. The summed E-state index contributed by atoms with van der Waals surface area (Å²) >= 11 is 2.94. The largest absolute Gasteiger partial charge is 0.492 e. The molecule has 1 aliphatic heterocycles. The van der Waals surface area contributed by atoms with Crippen LogP contribution in [-0.4, -0.2) is 46.5 Å².